The lowest BCUT2D eigenvalue weighted by atomic mass is 10.0. The molecule has 2 aliphatic heterocycles. The summed E-state index contributed by atoms with van der Waals surface area (Å²) in [7, 11) is 1.67. The monoisotopic (exact) mass is 330 g/mol. The van der Waals surface area contributed by atoms with Crippen molar-refractivity contribution in [3.63, 3.8) is 0 Å². The van der Waals surface area contributed by atoms with Crippen LogP contribution in [0.1, 0.15) is 32.1 Å². The molecule has 1 aromatic heterocycles. The fourth-order valence-electron chi connectivity index (χ4n) is 3.21. The van der Waals surface area contributed by atoms with E-state index in [0.717, 1.165) is 36.9 Å². The first-order valence-corrected chi connectivity index (χ1v) is 8.84. The highest BCUT2D eigenvalue weighted by molar-refractivity contribution is 5.85. The number of rotatable bonds is 2. The minimum atomic E-state index is -0.174. The van der Waals surface area contributed by atoms with E-state index in [0.29, 0.717) is 6.01 Å². The number of likely N-dealkylation sites (N-methyl/N-ethyl adjacent to an activating group) is 1. The van der Waals surface area contributed by atoms with E-state index in [1.54, 1.807) is 7.05 Å². The third kappa shape index (κ3) is 3.87. The number of oxazole rings is 1. The number of piperidine rings is 1. The summed E-state index contributed by atoms with van der Waals surface area (Å²) < 4.78 is 5.77. The lowest BCUT2D eigenvalue weighted by Gasteiger charge is -2.32. The van der Waals surface area contributed by atoms with Crippen LogP contribution < -0.4 is 15.5 Å². The molecular weight excluding hydrogens is 304 g/mol. The van der Waals surface area contributed by atoms with Crippen molar-refractivity contribution < 1.29 is 9.21 Å². The normalized spacial score (nSPS) is 20.5. The summed E-state index contributed by atoms with van der Waals surface area (Å²) in [5.41, 5.74) is 1.59. The van der Waals surface area contributed by atoms with Crippen molar-refractivity contribution in [1.82, 2.24) is 15.6 Å². The SMILES string of the molecule is C1CCNC1.CNC(=O)C1CCCCN1c1nc2ccccc2o1. The first-order valence-electron chi connectivity index (χ1n) is 8.84. The van der Waals surface area contributed by atoms with E-state index in [9.17, 15) is 4.79 Å². The lowest BCUT2D eigenvalue weighted by molar-refractivity contribution is -0.122. The van der Waals surface area contributed by atoms with Crippen molar-refractivity contribution in [1.29, 1.82) is 0 Å². The second kappa shape index (κ2) is 8.15. The Hall–Kier alpha value is -2.08. The van der Waals surface area contributed by atoms with E-state index in [1.165, 1.54) is 25.9 Å². The van der Waals surface area contributed by atoms with Gasteiger partial charge in [-0.2, -0.15) is 4.98 Å². The third-order valence-electron chi connectivity index (χ3n) is 4.54. The second-order valence-electron chi connectivity index (χ2n) is 6.24. The minimum absolute atomic E-state index is 0.0296. The zero-order chi connectivity index (χ0) is 16.8. The van der Waals surface area contributed by atoms with Crippen LogP contribution in [0.15, 0.2) is 28.7 Å². The smallest absolute Gasteiger partial charge is 0.299 e. The van der Waals surface area contributed by atoms with Crippen LogP contribution in [0.5, 0.6) is 0 Å². The number of hydrogen-bond acceptors (Lipinski definition) is 5. The van der Waals surface area contributed by atoms with Gasteiger partial charge in [0.25, 0.3) is 6.01 Å². The number of aromatic nitrogens is 1. The molecule has 2 aliphatic rings. The molecule has 2 N–H and O–H groups in total. The van der Waals surface area contributed by atoms with Crippen molar-refractivity contribution in [2.75, 3.05) is 31.6 Å². The fraction of sp³-hybridized carbons (Fsp3) is 0.556. The van der Waals surface area contributed by atoms with Gasteiger partial charge in [0, 0.05) is 13.6 Å². The summed E-state index contributed by atoms with van der Waals surface area (Å²) in [5, 5.41) is 5.94. The Morgan fingerprint density at radius 1 is 1.25 bits per heavy atom. The van der Waals surface area contributed by atoms with Gasteiger partial charge in [-0.05, 0) is 57.3 Å². The summed E-state index contributed by atoms with van der Waals surface area (Å²) in [5.74, 6) is 0.0296. The number of nitrogens with one attached hydrogen (secondary N) is 2. The molecule has 3 heterocycles. The molecule has 0 saturated carbocycles. The molecule has 24 heavy (non-hydrogen) atoms. The topological polar surface area (TPSA) is 70.4 Å². The van der Waals surface area contributed by atoms with Crippen LogP contribution in [-0.4, -0.2) is 43.6 Å². The fourth-order valence-corrected chi connectivity index (χ4v) is 3.21. The molecular formula is C18H26N4O2. The summed E-state index contributed by atoms with van der Waals surface area (Å²) in [6, 6.07) is 8.04. The van der Waals surface area contributed by atoms with Crippen molar-refractivity contribution in [2.24, 2.45) is 0 Å². The van der Waals surface area contributed by atoms with Gasteiger partial charge < -0.3 is 20.0 Å². The van der Waals surface area contributed by atoms with Crippen molar-refractivity contribution in [2.45, 2.75) is 38.1 Å². The first kappa shape index (κ1) is 16.8. The maximum absolute atomic E-state index is 11.9. The summed E-state index contributed by atoms with van der Waals surface area (Å²) in [6.07, 6.45) is 5.75. The van der Waals surface area contributed by atoms with Gasteiger partial charge in [0.1, 0.15) is 11.6 Å². The highest BCUT2D eigenvalue weighted by Crippen LogP contribution is 2.27. The second-order valence-corrected chi connectivity index (χ2v) is 6.24. The Morgan fingerprint density at radius 2 is 2.04 bits per heavy atom. The molecule has 6 heteroatoms. The van der Waals surface area contributed by atoms with E-state index in [2.05, 4.69) is 15.6 Å². The third-order valence-corrected chi connectivity index (χ3v) is 4.54. The molecule has 1 amide bonds. The molecule has 1 unspecified atom stereocenters. The number of carbonyl (C=O) groups is 1. The number of benzene rings is 1. The van der Waals surface area contributed by atoms with Crippen LogP contribution in [0.3, 0.4) is 0 Å². The van der Waals surface area contributed by atoms with Crippen LogP contribution in [0.2, 0.25) is 0 Å². The minimum Gasteiger partial charge on any atom is -0.423 e. The summed E-state index contributed by atoms with van der Waals surface area (Å²) in [4.78, 5) is 18.4. The van der Waals surface area contributed by atoms with E-state index >= 15 is 0 Å². The van der Waals surface area contributed by atoms with Gasteiger partial charge in [0.15, 0.2) is 5.58 Å². The molecule has 4 rings (SSSR count). The van der Waals surface area contributed by atoms with E-state index in [1.807, 2.05) is 29.2 Å². The zero-order valence-corrected chi connectivity index (χ0v) is 14.3. The van der Waals surface area contributed by atoms with Crippen LogP contribution >= 0.6 is 0 Å². The van der Waals surface area contributed by atoms with Crippen molar-refractivity contribution in [3.05, 3.63) is 24.3 Å². The summed E-state index contributed by atoms with van der Waals surface area (Å²) in [6.45, 7) is 3.31. The van der Waals surface area contributed by atoms with Gasteiger partial charge in [-0.25, -0.2) is 0 Å². The zero-order valence-electron chi connectivity index (χ0n) is 14.3. The van der Waals surface area contributed by atoms with E-state index in [4.69, 9.17) is 4.42 Å². The molecule has 2 aromatic rings. The average molecular weight is 330 g/mol. The molecule has 6 nitrogen and oxygen atoms in total. The highest BCUT2D eigenvalue weighted by atomic mass is 16.4. The van der Waals surface area contributed by atoms with Gasteiger partial charge in [0.05, 0.1) is 0 Å². The Bertz CT molecular complexity index is 625. The number of fused-ring (bicyclic) bond motifs is 1. The maximum Gasteiger partial charge on any atom is 0.299 e. The predicted octanol–water partition coefficient (Wildman–Crippen LogP) is 2.30. The Labute approximate surface area is 142 Å². The molecule has 2 saturated heterocycles. The average Bonchev–Trinajstić information content (AvgIpc) is 3.33. The Balaban J connectivity index is 0.000000290. The van der Waals surface area contributed by atoms with Gasteiger partial charge in [0.2, 0.25) is 5.91 Å². The molecule has 0 aliphatic carbocycles. The van der Waals surface area contributed by atoms with Crippen LogP contribution in [-0.2, 0) is 4.79 Å². The number of hydrogen-bond donors (Lipinski definition) is 2. The van der Waals surface area contributed by atoms with Crippen LogP contribution in [0.4, 0.5) is 6.01 Å². The van der Waals surface area contributed by atoms with Crippen LogP contribution in [0.25, 0.3) is 11.1 Å². The largest absolute Gasteiger partial charge is 0.423 e. The van der Waals surface area contributed by atoms with Crippen molar-refractivity contribution in [3.8, 4) is 0 Å². The molecule has 130 valence electrons. The number of carbonyl (C=O) groups excluding carboxylic acids is 1. The summed E-state index contributed by atoms with van der Waals surface area (Å²) >= 11 is 0. The quantitative estimate of drug-likeness (QED) is 0.884. The molecule has 2 fully saturated rings. The standard InChI is InChI=1S/C14H17N3O2.C4H9N/c1-15-13(18)11-7-4-5-9-17(11)14-16-10-6-2-3-8-12(10)19-14;1-2-4-5-3-1/h2-3,6,8,11H,4-5,7,9H2,1H3,(H,15,18);5H,1-4H2. The molecule has 0 radical (unpaired) electrons. The molecule has 0 bridgehead atoms. The molecule has 1 aromatic carbocycles. The Morgan fingerprint density at radius 3 is 2.71 bits per heavy atom. The highest BCUT2D eigenvalue weighted by Gasteiger charge is 2.31. The Kier molecular flexibility index (Phi) is 5.69. The molecule has 0 spiro atoms. The van der Waals surface area contributed by atoms with Crippen LogP contribution in [0, 0.1) is 0 Å². The predicted molar refractivity (Wildman–Crippen MR) is 95.2 cm³/mol. The number of anilines is 1. The van der Waals surface area contributed by atoms with E-state index < -0.39 is 0 Å². The van der Waals surface area contributed by atoms with Gasteiger partial charge in [-0.1, -0.05) is 12.1 Å². The van der Waals surface area contributed by atoms with E-state index in [-0.39, 0.29) is 11.9 Å². The van der Waals surface area contributed by atoms with Gasteiger partial charge in [-0.3, -0.25) is 4.79 Å². The number of amides is 1. The van der Waals surface area contributed by atoms with Gasteiger partial charge >= 0.3 is 0 Å². The molecule has 1 atom stereocenters. The van der Waals surface area contributed by atoms with Gasteiger partial charge in [-0.15, -0.1) is 0 Å². The maximum atomic E-state index is 11.9. The number of para-hydroxylation sites is 2. The lowest BCUT2D eigenvalue weighted by Crippen LogP contribution is -2.49. The van der Waals surface area contributed by atoms with Crippen molar-refractivity contribution >= 4 is 23.0 Å². The first-order chi connectivity index (χ1) is 11.8. The number of nitrogens with zero attached hydrogens (tertiary/aromatic N) is 2.